The van der Waals surface area contributed by atoms with Crippen LogP contribution in [0.1, 0.15) is 79.5 Å². The molecule has 0 spiro atoms. The molecule has 306 valence electrons. The molecule has 0 radical (unpaired) electrons. The summed E-state index contributed by atoms with van der Waals surface area (Å²) in [6, 6.07) is 40.8. The average molecular weight is 805 g/mol. The highest BCUT2D eigenvalue weighted by Gasteiger charge is 2.27. The van der Waals surface area contributed by atoms with Crippen LogP contribution in [0.25, 0.3) is 16.7 Å². The van der Waals surface area contributed by atoms with Crippen molar-refractivity contribution in [3.63, 3.8) is 0 Å². The summed E-state index contributed by atoms with van der Waals surface area (Å²) in [5.41, 5.74) is 15.8. The summed E-state index contributed by atoms with van der Waals surface area (Å²) in [4.78, 5) is 5.15. The largest absolute Gasteiger partial charge is 0.338 e. The van der Waals surface area contributed by atoms with Crippen molar-refractivity contribution in [3.05, 3.63) is 258 Å². The lowest BCUT2D eigenvalue weighted by molar-refractivity contribution is 0.356. The van der Waals surface area contributed by atoms with E-state index in [1.807, 2.05) is 0 Å². The molecule has 4 atom stereocenters. The Kier molecular flexibility index (Phi) is 11.8. The van der Waals surface area contributed by atoms with Crippen molar-refractivity contribution < 1.29 is 0 Å². The lowest BCUT2D eigenvalue weighted by Gasteiger charge is -2.38. The first kappa shape index (κ1) is 39.5. The number of nitrogens with zero attached hydrogens (tertiary/aromatic N) is 2. The molecule has 10 rings (SSSR count). The molecule has 0 saturated carbocycles. The monoisotopic (exact) mass is 804 g/mol. The molecule has 0 N–H and O–H groups in total. The normalized spacial score (nSPS) is 22.8. The van der Waals surface area contributed by atoms with Gasteiger partial charge in [0, 0.05) is 34.6 Å². The Morgan fingerprint density at radius 2 is 1.15 bits per heavy atom. The van der Waals surface area contributed by atoms with Crippen LogP contribution >= 0.6 is 0 Å². The Balaban J connectivity index is 0.906. The third-order valence-corrected chi connectivity index (χ3v) is 13.4. The molecule has 0 bridgehead atoms. The van der Waals surface area contributed by atoms with Crippen molar-refractivity contribution in [2.24, 2.45) is 5.92 Å². The van der Waals surface area contributed by atoms with Crippen LogP contribution in [0.3, 0.4) is 0 Å². The van der Waals surface area contributed by atoms with Gasteiger partial charge in [-0.25, -0.2) is 0 Å². The fourth-order valence-corrected chi connectivity index (χ4v) is 9.95. The van der Waals surface area contributed by atoms with Crippen LogP contribution in [0.4, 0.5) is 11.4 Å². The molecule has 0 aliphatic heterocycles. The van der Waals surface area contributed by atoms with Gasteiger partial charge in [0.2, 0.25) is 0 Å². The van der Waals surface area contributed by atoms with E-state index in [0.29, 0.717) is 11.8 Å². The molecule has 0 saturated heterocycles. The predicted octanol–water partition coefficient (Wildman–Crippen LogP) is 15.3. The van der Waals surface area contributed by atoms with Gasteiger partial charge in [0.05, 0.1) is 12.1 Å². The van der Waals surface area contributed by atoms with Crippen molar-refractivity contribution in [2.75, 3.05) is 4.90 Å². The van der Waals surface area contributed by atoms with Gasteiger partial charge in [0.15, 0.2) is 0 Å². The highest BCUT2D eigenvalue weighted by molar-refractivity contribution is 5.78. The first-order valence-corrected chi connectivity index (χ1v) is 22.9. The van der Waals surface area contributed by atoms with Crippen molar-refractivity contribution >= 4 is 28.1 Å². The topological polar surface area (TPSA) is 6.48 Å². The first-order valence-electron chi connectivity index (χ1n) is 22.9. The number of benzene rings is 4. The van der Waals surface area contributed by atoms with E-state index >= 15 is 0 Å². The molecule has 4 aromatic carbocycles. The molecule has 0 fully saturated rings. The number of anilines is 2. The van der Waals surface area contributed by atoms with Gasteiger partial charge < -0.3 is 9.80 Å². The molecule has 0 amide bonds. The Hall–Kier alpha value is -6.64. The van der Waals surface area contributed by atoms with Gasteiger partial charge in [-0.05, 0) is 132 Å². The fourth-order valence-electron chi connectivity index (χ4n) is 9.95. The van der Waals surface area contributed by atoms with Gasteiger partial charge in [-0.15, -0.1) is 0 Å². The van der Waals surface area contributed by atoms with E-state index < -0.39 is 0 Å². The van der Waals surface area contributed by atoms with Crippen molar-refractivity contribution in [2.45, 2.75) is 69.4 Å². The van der Waals surface area contributed by atoms with E-state index in [-0.39, 0.29) is 12.1 Å². The van der Waals surface area contributed by atoms with Crippen LogP contribution < -0.4 is 4.90 Å². The molecule has 6 aliphatic carbocycles. The third kappa shape index (κ3) is 8.74. The standard InChI is InChI=1S/C60H56N2/c1-5-13-45(14-6-1)49-21-33-55(34-22-49)61(56-35-23-50(24-36-56)46-15-7-2-8-16-46)59-41-29-53(30-42-59)54-31-43-60(44-32-54)62(57-37-25-51(26-38-57)47-17-9-3-10-18-47)58-39-27-52(28-40-58)48-19-11-4-12-20-48/h1-3,5-11,13-17,19-23,25-29,31-33,35-37,39-41,43-44,47,50,55,57H,4,12,18,24,30,34,38,42H2. The smallest absolute Gasteiger partial charge is 0.0560 e. The van der Waals surface area contributed by atoms with Gasteiger partial charge in [0.25, 0.3) is 0 Å². The summed E-state index contributed by atoms with van der Waals surface area (Å²) >= 11 is 0. The summed E-state index contributed by atoms with van der Waals surface area (Å²) < 4.78 is 0. The zero-order valence-corrected chi connectivity index (χ0v) is 35.6. The summed E-state index contributed by atoms with van der Waals surface area (Å²) in [5.74, 6) is 0.882. The van der Waals surface area contributed by atoms with E-state index in [4.69, 9.17) is 0 Å². The second kappa shape index (κ2) is 18.5. The first-order chi connectivity index (χ1) is 30.7. The lowest BCUT2D eigenvalue weighted by atomic mass is 9.87. The third-order valence-electron chi connectivity index (χ3n) is 13.4. The van der Waals surface area contributed by atoms with E-state index in [1.165, 1.54) is 67.3 Å². The SMILES string of the molecule is C1=CCC(C2=CCC(N(c3ccc(C4=CCCC=C4)cc3)c3ccc(C4=CC=C(N(C5=CCC(c6ccccc6)C=C5)C5C=CC(c6ccccc6)=CC5)CC4)cc3)C=C2)C=C1. The van der Waals surface area contributed by atoms with Crippen molar-refractivity contribution in [3.8, 4) is 0 Å². The molecule has 4 aromatic rings. The van der Waals surface area contributed by atoms with Gasteiger partial charge in [0.1, 0.15) is 0 Å². The number of hydrogen-bond donors (Lipinski definition) is 0. The fraction of sp³-hybridized carbons (Fsp3) is 0.200. The van der Waals surface area contributed by atoms with Crippen LogP contribution in [0.15, 0.2) is 236 Å². The number of allylic oxidation sites excluding steroid dienone is 19. The average Bonchev–Trinajstić information content (AvgIpc) is 3.36. The Morgan fingerprint density at radius 3 is 1.77 bits per heavy atom. The maximum absolute atomic E-state index is 2.62. The summed E-state index contributed by atoms with van der Waals surface area (Å²) in [5, 5.41) is 0. The van der Waals surface area contributed by atoms with Gasteiger partial charge in [-0.1, -0.05) is 182 Å². The number of rotatable bonds is 11. The zero-order chi connectivity index (χ0) is 41.5. The van der Waals surface area contributed by atoms with Gasteiger partial charge >= 0.3 is 0 Å². The second-order valence-electron chi connectivity index (χ2n) is 17.3. The van der Waals surface area contributed by atoms with E-state index in [0.717, 1.165) is 51.4 Å². The lowest BCUT2D eigenvalue weighted by Crippen LogP contribution is -2.33. The second-order valence-corrected chi connectivity index (χ2v) is 17.3. The highest BCUT2D eigenvalue weighted by Crippen LogP contribution is 2.39. The molecule has 0 heterocycles. The predicted molar refractivity (Wildman–Crippen MR) is 264 cm³/mol. The van der Waals surface area contributed by atoms with E-state index in [1.54, 1.807) is 0 Å². The molecule has 6 aliphatic rings. The molecule has 0 aromatic heterocycles. The molecule has 62 heavy (non-hydrogen) atoms. The summed E-state index contributed by atoms with van der Waals surface area (Å²) in [7, 11) is 0. The van der Waals surface area contributed by atoms with Crippen LogP contribution in [0.5, 0.6) is 0 Å². The quantitative estimate of drug-likeness (QED) is 0.149. The van der Waals surface area contributed by atoms with Gasteiger partial charge in [-0.2, -0.15) is 0 Å². The molecular weight excluding hydrogens is 749 g/mol. The molecule has 2 heteroatoms. The molecular formula is C60H56N2. The Bertz CT molecular complexity index is 2620. The zero-order valence-electron chi connectivity index (χ0n) is 35.6. The molecule has 4 unspecified atom stereocenters. The van der Waals surface area contributed by atoms with Crippen LogP contribution in [-0.4, -0.2) is 17.0 Å². The van der Waals surface area contributed by atoms with Crippen molar-refractivity contribution in [1.82, 2.24) is 4.90 Å². The minimum Gasteiger partial charge on any atom is -0.338 e. The Labute approximate surface area is 369 Å². The Morgan fingerprint density at radius 1 is 0.435 bits per heavy atom. The summed E-state index contributed by atoms with van der Waals surface area (Å²) in [6.45, 7) is 0. The van der Waals surface area contributed by atoms with Crippen molar-refractivity contribution in [1.29, 1.82) is 0 Å². The summed E-state index contributed by atoms with van der Waals surface area (Å²) in [6.07, 6.45) is 50.7. The maximum atomic E-state index is 2.62. The maximum Gasteiger partial charge on any atom is 0.0560 e. The van der Waals surface area contributed by atoms with Gasteiger partial charge in [-0.3, -0.25) is 0 Å². The van der Waals surface area contributed by atoms with E-state index in [9.17, 15) is 0 Å². The minimum absolute atomic E-state index is 0.233. The number of hydrogen-bond acceptors (Lipinski definition) is 2. The van der Waals surface area contributed by atoms with Crippen LogP contribution in [0.2, 0.25) is 0 Å². The molecule has 2 nitrogen and oxygen atoms in total. The van der Waals surface area contributed by atoms with Crippen LogP contribution in [0, 0.1) is 5.92 Å². The highest BCUT2D eigenvalue weighted by atomic mass is 15.2. The van der Waals surface area contributed by atoms with E-state index in [2.05, 4.69) is 228 Å². The van der Waals surface area contributed by atoms with Crippen LogP contribution in [-0.2, 0) is 0 Å². The minimum atomic E-state index is 0.233.